The molecule has 3 aromatic rings. The van der Waals surface area contributed by atoms with Gasteiger partial charge < -0.3 is 34.1 Å². The van der Waals surface area contributed by atoms with Crippen LogP contribution < -0.4 is 40.3 Å². The third kappa shape index (κ3) is 3.77. The number of fused-ring (bicyclic) bond motifs is 2. The molecule has 4 N–H and O–H groups in total. The fourth-order valence-electron chi connectivity index (χ4n) is 6.20. The van der Waals surface area contributed by atoms with Gasteiger partial charge in [0, 0.05) is 29.2 Å². The van der Waals surface area contributed by atoms with E-state index in [1.807, 2.05) is 0 Å². The highest BCUT2D eigenvalue weighted by Gasteiger charge is 2.63. The van der Waals surface area contributed by atoms with E-state index in [4.69, 9.17) is 35.3 Å². The average Bonchev–Trinajstić information content (AvgIpc) is 3.30. The highest BCUT2D eigenvalue weighted by atomic mass is 35.5. The number of carbonyl (C=O) groups excluding carboxylic acids is 2. The van der Waals surface area contributed by atoms with E-state index in [0.717, 1.165) is 0 Å². The number of aromatic amines is 2. The lowest BCUT2D eigenvalue weighted by Crippen LogP contribution is -2.58. The number of rotatable bonds is 5. The number of Topliss-reactive ketones (excluding diaryl/α,β-unsaturated/α-hetero) is 2. The largest absolute Gasteiger partial charge is 0.502 e. The first kappa shape index (κ1) is 28.2. The SMILES string of the molecule is COc1cc(C2C3=C(CC(C)C4(Oc5c(Cl)c(OC)cc(OC)c5C4=O)C3=O)Nc3[nH]c(=O)[nH]c(=O)c32)cc(OC)c1O. The van der Waals surface area contributed by atoms with Gasteiger partial charge in [-0.3, -0.25) is 24.4 Å². The monoisotopic (exact) mass is 611 g/mol. The molecule has 0 radical (unpaired) electrons. The Hall–Kier alpha value is -4.91. The number of allylic oxidation sites excluding steroid dienone is 1. The van der Waals surface area contributed by atoms with E-state index >= 15 is 0 Å². The molecular weight excluding hydrogens is 586 g/mol. The second-order valence-electron chi connectivity index (χ2n) is 10.3. The average molecular weight is 612 g/mol. The highest BCUT2D eigenvalue weighted by Crippen LogP contribution is 2.56. The molecule has 43 heavy (non-hydrogen) atoms. The second kappa shape index (κ2) is 9.83. The van der Waals surface area contributed by atoms with Crippen molar-refractivity contribution in [2.45, 2.75) is 24.9 Å². The third-order valence-electron chi connectivity index (χ3n) is 8.20. The van der Waals surface area contributed by atoms with Crippen molar-refractivity contribution in [1.82, 2.24) is 9.97 Å². The number of hydrogen-bond donors (Lipinski definition) is 4. The van der Waals surface area contributed by atoms with Gasteiger partial charge >= 0.3 is 5.69 Å². The molecule has 3 atom stereocenters. The summed E-state index contributed by atoms with van der Waals surface area (Å²) in [6, 6.07) is 4.33. The summed E-state index contributed by atoms with van der Waals surface area (Å²) in [6.45, 7) is 1.68. The molecule has 2 aromatic carbocycles. The first-order chi connectivity index (χ1) is 20.5. The molecular formula is C29H26ClN3O10. The number of aromatic hydroxyl groups is 1. The van der Waals surface area contributed by atoms with Crippen LogP contribution in [0.1, 0.15) is 40.7 Å². The van der Waals surface area contributed by atoms with Crippen molar-refractivity contribution in [2.75, 3.05) is 33.8 Å². The fourth-order valence-corrected chi connectivity index (χ4v) is 6.46. The van der Waals surface area contributed by atoms with E-state index in [1.165, 1.54) is 46.6 Å². The summed E-state index contributed by atoms with van der Waals surface area (Å²) in [5, 5.41) is 13.6. The van der Waals surface area contributed by atoms with E-state index in [-0.39, 0.29) is 68.5 Å². The number of aromatic nitrogens is 2. The maximum absolute atomic E-state index is 14.8. The molecule has 0 bridgehead atoms. The lowest BCUT2D eigenvalue weighted by atomic mass is 9.66. The minimum absolute atomic E-state index is 0.00556. The van der Waals surface area contributed by atoms with Gasteiger partial charge in [0.05, 0.1) is 34.0 Å². The minimum Gasteiger partial charge on any atom is -0.502 e. The van der Waals surface area contributed by atoms with Crippen molar-refractivity contribution in [1.29, 1.82) is 0 Å². The zero-order valence-electron chi connectivity index (χ0n) is 23.6. The molecule has 3 aliphatic rings. The van der Waals surface area contributed by atoms with Crippen LogP contribution in [0, 0.1) is 5.92 Å². The molecule has 0 fully saturated rings. The number of halogens is 1. The molecule has 6 rings (SSSR count). The van der Waals surface area contributed by atoms with Crippen molar-refractivity contribution in [2.24, 2.45) is 5.92 Å². The van der Waals surface area contributed by atoms with E-state index in [1.54, 1.807) is 6.92 Å². The van der Waals surface area contributed by atoms with Gasteiger partial charge in [-0.1, -0.05) is 18.5 Å². The van der Waals surface area contributed by atoms with Crippen LogP contribution in [0.2, 0.25) is 5.02 Å². The van der Waals surface area contributed by atoms with Gasteiger partial charge in [-0.15, -0.1) is 0 Å². The van der Waals surface area contributed by atoms with E-state index in [0.29, 0.717) is 11.3 Å². The molecule has 13 nitrogen and oxygen atoms in total. The molecule has 0 amide bonds. The van der Waals surface area contributed by atoms with Crippen LogP contribution in [0.25, 0.3) is 0 Å². The zero-order valence-corrected chi connectivity index (χ0v) is 24.3. The predicted octanol–water partition coefficient (Wildman–Crippen LogP) is 2.89. The number of anilines is 1. The number of carbonyl (C=O) groups is 2. The number of hydrogen-bond acceptors (Lipinski definition) is 11. The Bertz CT molecular complexity index is 1870. The van der Waals surface area contributed by atoms with Crippen LogP contribution in [0.3, 0.4) is 0 Å². The van der Waals surface area contributed by atoms with Gasteiger partial charge in [0.25, 0.3) is 5.56 Å². The van der Waals surface area contributed by atoms with Gasteiger partial charge in [-0.05, 0) is 24.1 Å². The lowest BCUT2D eigenvalue weighted by molar-refractivity contribution is -0.130. The summed E-state index contributed by atoms with van der Waals surface area (Å²) in [4.78, 5) is 59.5. The van der Waals surface area contributed by atoms with E-state index < -0.39 is 40.3 Å². The number of phenols is 1. The highest BCUT2D eigenvalue weighted by molar-refractivity contribution is 6.36. The predicted molar refractivity (Wildman–Crippen MR) is 152 cm³/mol. The van der Waals surface area contributed by atoms with Crippen LogP contribution in [-0.4, -0.2) is 60.7 Å². The van der Waals surface area contributed by atoms with Gasteiger partial charge in [-0.2, -0.15) is 0 Å². The van der Waals surface area contributed by atoms with Crippen molar-refractivity contribution in [3.63, 3.8) is 0 Å². The maximum Gasteiger partial charge on any atom is 0.327 e. The number of benzene rings is 2. The van der Waals surface area contributed by atoms with Gasteiger partial charge in [0.2, 0.25) is 22.9 Å². The van der Waals surface area contributed by atoms with Crippen molar-refractivity contribution in [3.05, 3.63) is 72.0 Å². The molecule has 2 aliphatic heterocycles. The summed E-state index contributed by atoms with van der Waals surface area (Å²) in [5.41, 5.74) is -2.89. The smallest absolute Gasteiger partial charge is 0.327 e. The quantitative estimate of drug-likeness (QED) is 0.312. The summed E-state index contributed by atoms with van der Waals surface area (Å²) in [7, 11) is 5.42. The normalized spacial score (nSPS) is 21.9. The molecule has 0 saturated carbocycles. The number of phenolic OH excluding ortho intramolecular Hbond substituents is 1. The molecule has 224 valence electrons. The summed E-state index contributed by atoms with van der Waals surface area (Å²) in [5.74, 6) is -3.23. The molecule has 3 unspecified atom stereocenters. The van der Waals surface area contributed by atoms with Gasteiger partial charge in [0.1, 0.15) is 27.9 Å². The Kier molecular flexibility index (Phi) is 6.45. The topological polar surface area (TPSA) is 178 Å². The fraction of sp³-hybridized carbons (Fsp3) is 0.310. The maximum atomic E-state index is 14.8. The Labute approximate surface area is 248 Å². The molecule has 0 saturated heterocycles. The van der Waals surface area contributed by atoms with Gasteiger partial charge in [0.15, 0.2) is 17.2 Å². The number of nitrogens with one attached hydrogen (secondary N) is 3. The van der Waals surface area contributed by atoms with Gasteiger partial charge in [-0.25, -0.2) is 4.79 Å². The van der Waals surface area contributed by atoms with E-state index in [9.17, 15) is 24.3 Å². The molecule has 1 aromatic heterocycles. The molecule has 1 aliphatic carbocycles. The molecule has 3 heterocycles. The third-order valence-corrected chi connectivity index (χ3v) is 8.56. The first-order valence-corrected chi connectivity index (χ1v) is 13.4. The Morgan fingerprint density at radius 3 is 2.14 bits per heavy atom. The summed E-state index contributed by atoms with van der Waals surface area (Å²) < 4.78 is 27.8. The number of ketones is 2. The number of H-pyrrole nitrogens is 2. The van der Waals surface area contributed by atoms with Crippen LogP contribution in [0.5, 0.6) is 34.5 Å². The van der Waals surface area contributed by atoms with Crippen LogP contribution in [0.15, 0.2) is 39.1 Å². The van der Waals surface area contributed by atoms with Crippen LogP contribution in [-0.2, 0) is 4.79 Å². The number of ether oxygens (including phenoxy) is 5. The first-order valence-electron chi connectivity index (χ1n) is 13.1. The number of methoxy groups -OCH3 is 4. The Morgan fingerprint density at radius 1 is 0.907 bits per heavy atom. The van der Waals surface area contributed by atoms with Crippen LogP contribution in [0.4, 0.5) is 5.82 Å². The van der Waals surface area contributed by atoms with Crippen molar-refractivity contribution >= 4 is 29.0 Å². The van der Waals surface area contributed by atoms with Crippen LogP contribution >= 0.6 is 11.6 Å². The summed E-state index contributed by atoms with van der Waals surface area (Å²) in [6.07, 6.45) is 0.106. The second-order valence-corrected chi connectivity index (χ2v) is 10.7. The van der Waals surface area contributed by atoms with E-state index in [2.05, 4.69) is 15.3 Å². The lowest BCUT2D eigenvalue weighted by Gasteiger charge is -2.42. The van der Waals surface area contributed by atoms with Crippen molar-refractivity contribution in [3.8, 4) is 34.5 Å². The minimum atomic E-state index is -2.07. The molecule has 1 spiro atoms. The zero-order chi connectivity index (χ0) is 31.0. The molecule has 14 heteroatoms. The Morgan fingerprint density at radius 2 is 1.53 bits per heavy atom. The standard InChI is InChI=1S/C29H26ClN3O10/c1-10-6-12-18(24(35)29(10)25(36)19-13(39-2)9-14(40-3)21(30)23(19)43-29)17(20-26(31-12)32-28(38)33-27(20)37)11-7-15(41-4)22(34)16(8-11)42-5/h7-10,17,34H,6H2,1-5H3,(H3,31,32,33,37,38). The van der Waals surface area contributed by atoms with Crippen molar-refractivity contribution < 1.29 is 38.4 Å². The Balaban J connectivity index is 1.61. The summed E-state index contributed by atoms with van der Waals surface area (Å²) >= 11 is 6.57.